The second-order valence-corrected chi connectivity index (χ2v) is 5.23. The summed E-state index contributed by atoms with van der Waals surface area (Å²) in [7, 11) is 1.67. The summed E-state index contributed by atoms with van der Waals surface area (Å²) >= 11 is 6.42. The number of ether oxygens (including phenoxy) is 1. The monoisotopic (exact) mass is 306 g/mol. The normalized spacial score (nSPS) is 10.8. The van der Waals surface area contributed by atoms with Crippen molar-refractivity contribution in [3.63, 3.8) is 0 Å². The quantitative estimate of drug-likeness (QED) is 0.833. The fourth-order valence-electron chi connectivity index (χ4n) is 2.51. The number of methoxy groups -OCH3 is 1. The maximum atomic E-state index is 11.7. The van der Waals surface area contributed by atoms with Crippen LogP contribution in [0.25, 0.3) is 11.3 Å². The maximum absolute atomic E-state index is 11.7. The van der Waals surface area contributed by atoms with Crippen LogP contribution in [0.3, 0.4) is 0 Å². The number of halogens is 1. The number of carbonyl (C=O) groups excluding carboxylic acids is 1. The van der Waals surface area contributed by atoms with Crippen molar-refractivity contribution in [2.75, 3.05) is 13.7 Å². The Bertz CT molecular complexity index is 635. The predicted octanol–water partition coefficient (Wildman–Crippen LogP) is 3.25. The molecule has 0 radical (unpaired) electrons. The molecular formula is C16H19ClN2O2. The highest BCUT2D eigenvalue weighted by Crippen LogP contribution is 2.35. The second kappa shape index (κ2) is 6.78. The number of hydrogen-bond donors (Lipinski definition) is 1. The van der Waals surface area contributed by atoms with E-state index >= 15 is 0 Å². The van der Waals surface area contributed by atoms with Crippen LogP contribution in [-0.2, 0) is 11.3 Å². The number of aromatic nitrogens is 1. The van der Waals surface area contributed by atoms with E-state index in [-0.39, 0.29) is 0 Å². The molecule has 2 aromatic rings. The van der Waals surface area contributed by atoms with E-state index in [1.165, 1.54) is 0 Å². The Morgan fingerprint density at radius 1 is 1.33 bits per heavy atom. The third-order valence-corrected chi connectivity index (χ3v) is 3.86. The zero-order chi connectivity index (χ0) is 15.4. The van der Waals surface area contributed by atoms with Crippen molar-refractivity contribution in [3.8, 4) is 11.3 Å². The number of nitrogens with zero attached hydrogens (tertiary/aromatic N) is 1. The van der Waals surface area contributed by atoms with Gasteiger partial charge in [-0.1, -0.05) is 41.9 Å². The largest absolute Gasteiger partial charge is 0.385 e. The SMILES string of the molecule is COCCCn1c(C)c(C(N)=O)c(Cl)c1-c1ccccc1. The Kier molecular flexibility index (Phi) is 5.04. The topological polar surface area (TPSA) is 57.2 Å². The molecule has 5 heteroatoms. The third kappa shape index (κ3) is 3.12. The Hall–Kier alpha value is -1.78. The molecule has 0 atom stereocenters. The first-order chi connectivity index (χ1) is 10.1. The highest BCUT2D eigenvalue weighted by atomic mass is 35.5. The molecular weight excluding hydrogens is 288 g/mol. The minimum atomic E-state index is -0.500. The first kappa shape index (κ1) is 15.6. The van der Waals surface area contributed by atoms with Crippen molar-refractivity contribution in [1.29, 1.82) is 0 Å². The average molecular weight is 307 g/mol. The van der Waals surface area contributed by atoms with Crippen molar-refractivity contribution in [2.45, 2.75) is 19.9 Å². The van der Waals surface area contributed by atoms with E-state index < -0.39 is 5.91 Å². The van der Waals surface area contributed by atoms with Crippen LogP contribution in [0.1, 0.15) is 22.5 Å². The molecule has 1 aromatic carbocycles. The van der Waals surface area contributed by atoms with E-state index in [0.29, 0.717) is 17.2 Å². The molecule has 0 unspecified atom stereocenters. The third-order valence-electron chi connectivity index (χ3n) is 3.49. The van der Waals surface area contributed by atoms with Gasteiger partial charge >= 0.3 is 0 Å². The van der Waals surface area contributed by atoms with Crippen LogP contribution in [0.15, 0.2) is 30.3 Å². The number of nitrogens with two attached hydrogens (primary N) is 1. The lowest BCUT2D eigenvalue weighted by Gasteiger charge is -2.12. The molecule has 1 heterocycles. The molecule has 0 aliphatic carbocycles. The zero-order valence-electron chi connectivity index (χ0n) is 12.2. The van der Waals surface area contributed by atoms with Crippen LogP contribution in [0.2, 0.25) is 5.02 Å². The first-order valence-corrected chi connectivity index (χ1v) is 7.18. The van der Waals surface area contributed by atoms with Gasteiger partial charge in [0.1, 0.15) is 0 Å². The minimum Gasteiger partial charge on any atom is -0.385 e. The van der Waals surface area contributed by atoms with Gasteiger partial charge in [0.05, 0.1) is 16.3 Å². The predicted molar refractivity (Wildman–Crippen MR) is 84.6 cm³/mol. The summed E-state index contributed by atoms with van der Waals surface area (Å²) in [6, 6.07) is 9.77. The number of amides is 1. The van der Waals surface area contributed by atoms with Gasteiger partial charge in [-0.3, -0.25) is 4.79 Å². The summed E-state index contributed by atoms with van der Waals surface area (Å²) < 4.78 is 7.13. The summed E-state index contributed by atoms with van der Waals surface area (Å²) in [4.78, 5) is 11.7. The maximum Gasteiger partial charge on any atom is 0.252 e. The van der Waals surface area contributed by atoms with Gasteiger partial charge in [0.2, 0.25) is 0 Å². The Labute approximate surface area is 129 Å². The lowest BCUT2D eigenvalue weighted by atomic mass is 10.1. The van der Waals surface area contributed by atoms with Crippen LogP contribution in [-0.4, -0.2) is 24.2 Å². The highest BCUT2D eigenvalue weighted by molar-refractivity contribution is 6.36. The number of rotatable bonds is 6. The summed E-state index contributed by atoms with van der Waals surface area (Å²) in [5, 5.41) is 0.420. The van der Waals surface area contributed by atoms with Crippen LogP contribution in [0.4, 0.5) is 0 Å². The minimum absolute atomic E-state index is 0.396. The lowest BCUT2D eigenvalue weighted by Crippen LogP contribution is -2.13. The van der Waals surface area contributed by atoms with Gasteiger partial charge in [-0.05, 0) is 18.9 Å². The molecule has 1 aromatic heterocycles. The molecule has 2 N–H and O–H groups in total. The number of primary amides is 1. The fraction of sp³-hybridized carbons (Fsp3) is 0.312. The smallest absolute Gasteiger partial charge is 0.252 e. The van der Waals surface area contributed by atoms with Crippen molar-refractivity contribution >= 4 is 17.5 Å². The van der Waals surface area contributed by atoms with Gasteiger partial charge in [-0.2, -0.15) is 0 Å². The van der Waals surface area contributed by atoms with E-state index in [0.717, 1.165) is 29.9 Å². The van der Waals surface area contributed by atoms with Crippen molar-refractivity contribution < 1.29 is 9.53 Å². The van der Waals surface area contributed by atoms with Gasteiger partial charge in [-0.15, -0.1) is 0 Å². The molecule has 0 fully saturated rings. The Morgan fingerprint density at radius 2 is 2.00 bits per heavy atom. The van der Waals surface area contributed by atoms with Crippen LogP contribution >= 0.6 is 11.6 Å². The van der Waals surface area contributed by atoms with Crippen LogP contribution in [0, 0.1) is 6.92 Å². The summed E-state index contributed by atoms with van der Waals surface area (Å²) in [6.07, 6.45) is 0.834. The molecule has 21 heavy (non-hydrogen) atoms. The molecule has 0 saturated carbocycles. The van der Waals surface area contributed by atoms with Gasteiger partial charge in [-0.25, -0.2) is 0 Å². The van der Waals surface area contributed by atoms with Gasteiger partial charge in [0, 0.05) is 26.0 Å². The summed E-state index contributed by atoms with van der Waals surface area (Å²) in [5.74, 6) is -0.500. The molecule has 0 spiro atoms. The van der Waals surface area contributed by atoms with Gasteiger partial charge in [0.25, 0.3) is 5.91 Å². The van der Waals surface area contributed by atoms with Crippen molar-refractivity contribution in [2.24, 2.45) is 5.73 Å². The average Bonchev–Trinajstić information content (AvgIpc) is 2.71. The highest BCUT2D eigenvalue weighted by Gasteiger charge is 2.23. The molecule has 2 rings (SSSR count). The Morgan fingerprint density at radius 3 is 2.57 bits per heavy atom. The van der Waals surface area contributed by atoms with E-state index in [4.69, 9.17) is 22.1 Å². The molecule has 1 amide bonds. The molecule has 112 valence electrons. The first-order valence-electron chi connectivity index (χ1n) is 6.80. The number of hydrogen-bond acceptors (Lipinski definition) is 2. The van der Waals surface area contributed by atoms with Gasteiger partial charge in [0.15, 0.2) is 0 Å². The molecule has 0 aliphatic heterocycles. The second-order valence-electron chi connectivity index (χ2n) is 4.85. The van der Waals surface area contributed by atoms with E-state index in [2.05, 4.69) is 0 Å². The van der Waals surface area contributed by atoms with E-state index in [1.807, 2.05) is 41.8 Å². The van der Waals surface area contributed by atoms with E-state index in [9.17, 15) is 4.79 Å². The standard InChI is InChI=1S/C16H19ClN2O2/c1-11-13(16(18)20)14(17)15(12-7-4-3-5-8-12)19(11)9-6-10-21-2/h3-5,7-8H,6,9-10H2,1-2H3,(H2,18,20). The van der Waals surface area contributed by atoms with E-state index in [1.54, 1.807) is 7.11 Å². The summed E-state index contributed by atoms with van der Waals surface area (Å²) in [5.41, 5.74) is 8.46. The molecule has 0 aliphatic rings. The van der Waals surface area contributed by atoms with Crippen LogP contribution < -0.4 is 5.73 Å². The van der Waals surface area contributed by atoms with Crippen molar-refractivity contribution in [3.05, 3.63) is 46.6 Å². The zero-order valence-corrected chi connectivity index (χ0v) is 13.0. The molecule has 0 saturated heterocycles. The number of benzene rings is 1. The molecule has 0 bridgehead atoms. The van der Waals surface area contributed by atoms with Gasteiger partial charge < -0.3 is 15.0 Å². The Balaban J connectivity index is 2.55. The number of carbonyl (C=O) groups is 1. The molecule has 4 nitrogen and oxygen atoms in total. The lowest BCUT2D eigenvalue weighted by molar-refractivity contribution is 0.0999. The van der Waals surface area contributed by atoms with Crippen LogP contribution in [0.5, 0.6) is 0 Å². The fourth-order valence-corrected chi connectivity index (χ4v) is 2.95. The summed E-state index contributed by atoms with van der Waals surface area (Å²) in [6.45, 7) is 3.23. The van der Waals surface area contributed by atoms with Crippen molar-refractivity contribution in [1.82, 2.24) is 4.57 Å².